The zero-order valence-electron chi connectivity index (χ0n) is 15.1. The summed E-state index contributed by atoms with van der Waals surface area (Å²) in [5.74, 6) is 2.50. The minimum Gasteiger partial charge on any atom is -0.490 e. The van der Waals surface area contributed by atoms with Gasteiger partial charge in [0.15, 0.2) is 17.5 Å². The van der Waals surface area contributed by atoms with Gasteiger partial charge in [0.2, 0.25) is 5.91 Å². The Bertz CT molecular complexity index is 645. The van der Waals surface area contributed by atoms with Crippen LogP contribution in [0.3, 0.4) is 0 Å². The Morgan fingerprint density at radius 3 is 2.65 bits per heavy atom. The molecule has 1 aromatic rings. The van der Waals surface area contributed by atoms with E-state index in [0.717, 1.165) is 49.5 Å². The first-order valence-corrected chi connectivity index (χ1v) is 8.84. The molecule has 8 heteroatoms. The van der Waals surface area contributed by atoms with Gasteiger partial charge in [-0.3, -0.25) is 9.79 Å². The van der Waals surface area contributed by atoms with Gasteiger partial charge < -0.3 is 25.4 Å². The number of halogens is 1. The van der Waals surface area contributed by atoms with Crippen LogP contribution in [-0.2, 0) is 4.79 Å². The second-order valence-electron chi connectivity index (χ2n) is 6.51. The Hall–Kier alpha value is -1.71. The maximum atomic E-state index is 11.3. The molecule has 2 aliphatic rings. The Morgan fingerprint density at radius 2 is 1.96 bits per heavy atom. The number of hydrogen-bond donors (Lipinski definition) is 2. The summed E-state index contributed by atoms with van der Waals surface area (Å²) in [4.78, 5) is 17.7. The fraction of sp³-hybridized carbons (Fsp3) is 0.556. The summed E-state index contributed by atoms with van der Waals surface area (Å²) in [7, 11) is 0. The van der Waals surface area contributed by atoms with E-state index in [1.807, 2.05) is 23.1 Å². The minimum absolute atomic E-state index is 0. The van der Waals surface area contributed by atoms with Gasteiger partial charge in [-0.05, 0) is 30.9 Å². The van der Waals surface area contributed by atoms with Crippen molar-refractivity contribution in [2.75, 3.05) is 38.2 Å². The number of fused-ring (bicyclic) bond motifs is 1. The van der Waals surface area contributed by atoms with Crippen molar-refractivity contribution < 1.29 is 14.3 Å². The van der Waals surface area contributed by atoms with Crippen LogP contribution >= 0.6 is 24.0 Å². The van der Waals surface area contributed by atoms with E-state index in [0.29, 0.717) is 31.6 Å². The Labute approximate surface area is 171 Å². The molecule has 7 nitrogen and oxygen atoms in total. The molecule has 1 saturated heterocycles. The molecule has 3 rings (SSSR count). The largest absolute Gasteiger partial charge is 0.490 e. The summed E-state index contributed by atoms with van der Waals surface area (Å²) in [5, 5.41) is 3.11. The summed E-state index contributed by atoms with van der Waals surface area (Å²) in [6.07, 6.45) is 2.82. The smallest absolute Gasteiger partial charge is 0.219 e. The topological polar surface area (TPSA) is 89.2 Å². The van der Waals surface area contributed by atoms with Crippen molar-refractivity contribution in [1.29, 1.82) is 0 Å². The number of likely N-dealkylation sites (tertiary alicyclic amines) is 1. The zero-order chi connectivity index (χ0) is 17.6. The van der Waals surface area contributed by atoms with Crippen molar-refractivity contribution >= 4 is 41.5 Å². The van der Waals surface area contributed by atoms with Crippen LogP contribution in [0.4, 0.5) is 5.69 Å². The van der Waals surface area contributed by atoms with Gasteiger partial charge in [0.25, 0.3) is 0 Å². The van der Waals surface area contributed by atoms with E-state index in [4.69, 9.17) is 15.2 Å². The number of rotatable bonds is 3. The minimum atomic E-state index is 0. The highest BCUT2D eigenvalue weighted by molar-refractivity contribution is 14.0. The van der Waals surface area contributed by atoms with Crippen LogP contribution in [0, 0.1) is 5.92 Å². The number of nitrogens with two attached hydrogens (primary N) is 1. The number of nitrogens with zero attached hydrogens (tertiary/aromatic N) is 2. The molecule has 1 amide bonds. The van der Waals surface area contributed by atoms with Gasteiger partial charge in [0.1, 0.15) is 0 Å². The zero-order valence-corrected chi connectivity index (χ0v) is 17.4. The number of carbonyl (C=O) groups is 1. The number of hydrogen-bond acceptors (Lipinski definition) is 4. The molecule has 2 heterocycles. The molecule has 0 radical (unpaired) electrons. The highest BCUT2D eigenvalue weighted by Crippen LogP contribution is 2.32. The third-order valence-corrected chi connectivity index (χ3v) is 4.60. The van der Waals surface area contributed by atoms with Gasteiger partial charge in [0.05, 0.1) is 13.2 Å². The Kier molecular flexibility index (Phi) is 7.80. The van der Waals surface area contributed by atoms with Crippen molar-refractivity contribution in [1.82, 2.24) is 4.90 Å². The lowest BCUT2D eigenvalue weighted by molar-refractivity contribution is -0.130. The molecule has 1 fully saturated rings. The highest BCUT2D eigenvalue weighted by Gasteiger charge is 2.20. The number of guanidine groups is 1. The van der Waals surface area contributed by atoms with Gasteiger partial charge in [-0.15, -0.1) is 24.0 Å². The van der Waals surface area contributed by atoms with Crippen LogP contribution < -0.4 is 20.5 Å². The van der Waals surface area contributed by atoms with Crippen LogP contribution in [0.2, 0.25) is 0 Å². The molecule has 26 heavy (non-hydrogen) atoms. The number of benzene rings is 1. The van der Waals surface area contributed by atoms with Crippen LogP contribution in [-0.4, -0.2) is 49.6 Å². The first kappa shape index (κ1) is 20.6. The fourth-order valence-electron chi connectivity index (χ4n) is 3.09. The molecule has 3 N–H and O–H groups in total. The summed E-state index contributed by atoms with van der Waals surface area (Å²) in [6, 6.07) is 5.67. The fourth-order valence-corrected chi connectivity index (χ4v) is 3.09. The third-order valence-electron chi connectivity index (χ3n) is 4.60. The van der Waals surface area contributed by atoms with E-state index >= 15 is 0 Å². The number of aliphatic imine (C=N–C) groups is 1. The second-order valence-corrected chi connectivity index (χ2v) is 6.51. The number of nitrogens with one attached hydrogen (secondary N) is 1. The molecule has 0 bridgehead atoms. The van der Waals surface area contributed by atoms with Crippen LogP contribution in [0.15, 0.2) is 23.2 Å². The Morgan fingerprint density at radius 1 is 1.27 bits per heavy atom. The second kappa shape index (κ2) is 9.84. The van der Waals surface area contributed by atoms with E-state index < -0.39 is 0 Å². The molecule has 1 aromatic carbocycles. The maximum absolute atomic E-state index is 11.3. The van der Waals surface area contributed by atoms with Gasteiger partial charge in [-0.25, -0.2) is 0 Å². The quantitative estimate of drug-likeness (QED) is 0.399. The first-order valence-electron chi connectivity index (χ1n) is 8.84. The van der Waals surface area contributed by atoms with Crippen molar-refractivity contribution in [3.63, 3.8) is 0 Å². The van der Waals surface area contributed by atoms with Crippen molar-refractivity contribution in [2.45, 2.75) is 26.2 Å². The molecule has 0 aliphatic carbocycles. The normalized spacial score (nSPS) is 17.9. The Balaban J connectivity index is 0.00000243. The van der Waals surface area contributed by atoms with Crippen molar-refractivity contribution in [3.8, 4) is 11.5 Å². The lowest BCUT2D eigenvalue weighted by Gasteiger charge is -2.30. The van der Waals surface area contributed by atoms with E-state index in [1.165, 1.54) is 0 Å². The maximum Gasteiger partial charge on any atom is 0.219 e. The average molecular weight is 474 g/mol. The highest BCUT2D eigenvalue weighted by atomic mass is 127. The molecule has 0 unspecified atom stereocenters. The van der Waals surface area contributed by atoms with Crippen molar-refractivity contribution in [3.05, 3.63) is 18.2 Å². The monoisotopic (exact) mass is 474 g/mol. The van der Waals surface area contributed by atoms with E-state index in [2.05, 4.69) is 10.3 Å². The van der Waals surface area contributed by atoms with Gasteiger partial charge in [0, 0.05) is 44.7 Å². The molecule has 0 saturated carbocycles. The lowest BCUT2D eigenvalue weighted by atomic mass is 9.97. The number of amides is 1. The van der Waals surface area contributed by atoms with Crippen LogP contribution in [0.1, 0.15) is 26.2 Å². The van der Waals surface area contributed by atoms with E-state index in [1.54, 1.807) is 6.92 Å². The van der Waals surface area contributed by atoms with E-state index in [-0.39, 0.29) is 29.9 Å². The standard InChI is InChI=1S/C18H26N4O3.HI/c1-13(23)22-7-5-14(6-8-22)12-20-18(19)21-15-3-4-16-17(11-15)25-10-2-9-24-16;/h3-4,11,14H,2,5-10,12H2,1H3,(H3,19,20,21);1H. The number of carbonyl (C=O) groups excluding carboxylic acids is 1. The van der Waals surface area contributed by atoms with E-state index in [9.17, 15) is 4.79 Å². The lowest BCUT2D eigenvalue weighted by Crippen LogP contribution is -2.37. The molecular formula is C18H27IN4O3. The molecule has 0 aromatic heterocycles. The molecule has 0 spiro atoms. The van der Waals surface area contributed by atoms with Gasteiger partial charge >= 0.3 is 0 Å². The first-order chi connectivity index (χ1) is 12.1. The van der Waals surface area contributed by atoms with Crippen molar-refractivity contribution in [2.24, 2.45) is 16.6 Å². The predicted molar refractivity (Wildman–Crippen MR) is 113 cm³/mol. The number of ether oxygens (including phenoxy) is 2. The molecule has 144 valence electrons. The van der Waals surface area contributed by atoms with Gasteiger partial charge in [-0.2, -0.15) is 0 Å². The predicted octanol–water partition coefficient (Wildman–Crippen LogP) is 2.45. The molecule has 2 aliphatic heterocycles. The number of piperidine rings is 1. The number of anilines is 1. The third kappa shape index (κ3) is 5.65. The van der Waals surface area contributed by atoms with Crippen LogP contribution in [0.5, 0.6) is 11.5 Å². The summed E-state index contributed by atoms with van der Waals surface area (Å²) in [6.45, 7) is 5.24. The summed E-state index contributed by atoms with van der Waals surface area (Å²) >= 11 is 0. The van der Waals surface area contributed by atoms with Gasteiger partial charge in [-0.1, -0.05) is 0 Å². The molecule has 0 atom stereocenters. The summed E-state index contributed by atoms with van der Waals surface area (Å²) < 4.78 is 11.3. The summed E-state index contributed by atoms with van der Waals surface area (Å²) in [5.41, 5.74) is 6.84. The van der Waals surface area contributed by atoms with Crippen LogP contribution in [0.25, 0.3) is 0 Å². The molecular weight excluding hydrogens is 447 g/mol. The SMILES string of the molecule is CC(=O)N1CCC(CN=C(N)Nc2ccc3c(c2)OCCCO3)CC1.I. The average Bonchev–Trinajstić information content (AvgIpc) is 2.85.